The molecule has 9 nitrogen and oxygen atoms in total. The number of urea groups is 1. The van der Waals surface area contributed by atoms with Crippen molar-refractivity contribution in [3.05, 3.63) is 18.2 Å². The molecule has 4 rings (SSSR count). The number of hydrogen-bond donors (Lipinski definition) is 3. The molecular weight excluding hydrogens is 364 g/mol. The van der Waals surface area contributed by atoms with Gasteiger partial charge in [0.15, 0.2) is 6.10 Å². The van der Waals surface area contributed by atoms with Gasteiger partial charge in [0, 0.05) is 18.7 Å². The van der Waals surface area contributed by atoms with Crippen molar-refractivity contribution in [2.75, 3.05) is 17.2 Å². The van der Waals surface area contributed by atoms with Crippen LogP contribution >= 0.6 is 0 Å². The van der Waals surface area contributed by atoms with Gasteiger partial charge in [-0.15, -0.1) is 0 Å². The quantitative estimate of drug-likeness (QED) is 0.680. The van der Waals surface area contributed by atoms with Gasteiger partial charge in [-0.25, -0.2) is 4.79 Å². The van der Waals surface area contributed by atoms with Gasteiger partial charge < -0.3 is 20.7 Å². The minimum Gasteiger partial charge on any atom is -0.479 e. The van der Waals surface area contributed by atoms with Crippen molar-refractivity contribution in [3.63, 3.8) is 0 Å². The molecular formula is C19H22N4O5. The lowest BCUT2D eigenvalue weighted by Gasteiger charge is -2.23. The van der Waals surface area contributed by atoms with Crippen molar-refractivity contribution < 1.29 is 23.9 Å². The topological polar surface area (TPSA) is 117 Å². The number of anilines is 2. The number of rotatable bonds is 4. The second-order valence-electron chi connectivity index (χ2n) is 7.43. The van der Waals surface area contributed by atoms with E-state index in [2.05, 4.69) is 16.0 Å². The van der Waals surface area contributed by atoms with Crippen LogP contribution in [0.3, 0.4) is 0 Å². The lowest BCUT2D eigenvalue weighted by Crippen LogP contribution is -2.44. The Hall–Kier alpha value is -3.10. The minimum absolute atomic E-state index is 0.00772. The Balaban J connectivity index is 1.35. The lowest BCUT2D eigenvalue weighted by atomic mass is 9.98. The number of carbonyl (C=O) groups is 4. The molecule has 3 N–H and O–H groups in total. The summed E-state index contributed by atoms with van der Waals surface area (Å²) < 4.78 is 5.48. The van der Waals surface area contributed by atoms with Gasteiger partial charge in [-0.3, -0.25) is 19.3 Å². The van der Waals surface area contributed by atoms with Crippen LogP contribution in [0.1, 0.15) is 39.0 Å². The summed E-state index contributed by atoms with van der Waals surface area (Å²) in [6.45, 7) is 1.68. The molecule has 28 heavy (non-hydrogen) atoms. The molecule has 1 atom stereocenters. The third-order valence-corrected chi connectivity index (χ3v) is 5.46. The number of ether oxygens (including phenoxy) is 1. The summed E-state index contributed by atoms with van der Waals surface area (Å²) in [4.78, 5) is 49.8. The van der Waals surface area contributed by atoms with Crippen LogP contribution in [0.25, 0.3) is 0 Å². The molecule has 1 aliphatic carbocycles. The van der Waals surface area contributed by atoms with Crippen LogP contribution in [0, 0.1) is 0 Å². The molecule has 2 fully saturated rings. The molecule has 5 amide bonds. The van der Waals surface area contributed by atoms with Gasteiger partial charge in [0.2, 0.25) is 5.91 Å². The molecule has 9 heteroatoms. The molecule has 2 aliphatic heterocycles. The molecule has 148 valence electrons. The van der Waals surface area contributed by atoms with E-state index in [1.807, 2.05) is 0 Å². The summed E-state index contributed by atoms with van der Waals surface area (Å²) in [7, 11) is 0. The van der Waals surface area contributed by atoms with Crippen LogP contribution in [-0.2, 0) is 14.4 Å². The molecule has 0 unspecified atom stereocenters. The van der Waals surface area contributed by atoms with E-state index < -0.39 is 17.7 Å². The third-order valence-electron chi connectivity index (χ3n) is 5.46. The number of fused-ring (bicyclic) bond motifs is 1. The molecule has 2 heterocycles. The highest BCUT2D eigenvalue weighted by Crippen LogP contribution is 2.35. The van der Waals surface area contributed by atoms with E-state index in [0.29, 0.717) is 30.0 Å². The highest BCUT2D eigenvalue weighted by Gasteiger charge is 2.52. The van der Waals surface area contributed by atoms with Crippen LogP contribution < -0.4 is 20.7 Å². The first-order valence-corrected chi connectivity index (χ1v) is 9.43. The summed E-state index contributed by atoms with van der Waals surface area (Å²) in [5, 5.41) is 8.23. The van der Waals surface area contributed by atoms with Crippen molar-refractivity contribution in [1.82, 2.24) is 10.2 Å². The number of amides is 5. The fourth-order valence-electron chi connectivity index (χ4n) is 3.92. The van der Waals surface area contributed by atoms with Gasteiger partial charge >= 0.3 is 6.03 Å². The Kier molecular flexibility index (Phi) is 4.44. The summed E-state index contributed by atoms with van der Waals surface area (Å²) in [6, 6.07) is 4.52. The first-order chi connectivity index (χ1) is 13.4. The summed E-state index contributed by atoms with van der Waals surface area (Å²) >= 11 is 0. The first kappa shape index (κ1) is 18.3. The fourth-order valence-corrected chi connectivity index (χ4v) is 3.92. The number of nitrogens with zero attached hydrogens (tertiary/aromatic N) is 1. The van der Waals surface area contributed by atoms with E-state index in [4.69, 9.17) is 4.74 Å². The van der Waals surface area contributed by atoms with E-state index in [1.165, 1.54) is 0 Å². The largest absolute Gasteiger partial charge is 0.479 e. The Bertz CT molecular complexity index is 862. The Labute approximate surface area is 161 Å². The number of benzene rings is 1. The zero-order valence-corrected chi connectivity index (χ0v) is 15.5. The van der Waals surface area contributed by atoms with Gasteiger partial charge in [0.05, 0.1) is 5.69 Å². The maximum absolute atomic E-state index is 12.6. The Morgan fingerprint density at radius 2 is 2.04 bits per heavy atom. The second-order valence-corrected chi connectivity index (χ2v) is 7.43. The molecule has 1 aromatic rings. The van der Waals surface area contributed by atoms with Gasteiger partial charge in [-0.05, 0) is 38.0 Å². The van der Waals surface area contributed by atoms with Crippen LogP contribution in [-0.4, -0.2) is 46.8 Å². The van der Waals surface area contributed by atoms with Crippen molar-refractivity contribution in [3.8, 4) is 5.75 Å². The summed E-state index contributed by atoms with van der Waals surface area (Å²) in [6.07, 6.45) is 2.56. The van der Waals surface area contributed by atoms with Gasteiger partial charge in [0.1, 0.15) is 11.3 Å². The number of hydrogen-bond acceptors (Lipinski definition) is 5. The molecule has 1 saturated heterocycles. The van der Waals surface area contributed by atoms with E-state index in [0.717, 1.165) is 17.7 Å². The highest BCUT2D eigenvalue weighted by atomic mass is 16.5. The minimum atomic E-state index is -0.763. The predicted molar refractivity (Wildman–Crippen MR) is 99.9 cm³/mol. The second kappa shape index (κ2) is 6.81. The van der Waals surface area contributed by atoms with Crippen LogP contribution in [0.2, 0.25) is 0 Å². The Morgan fingerprint density at radius 3 is 2.79 bits per heavy atom. The van der Waals surface area contributed by atoms with Gasteiger partial charge in [-0.1, -0.05) is 12.8 Å². The number of imide groups is 1. The predicted octanol–water partition coefficient (Wildman–Crippen LogP) is 1.60. The molecule has 0 aromatic heterocycles. The summed E-state index contributed by atoms with van der Waals surface area (Å²) in [5.41, 5.74) is 0.214. The smallest absolute Gasteiger partial charge is 0.325 e. The van der Waals surface area contributed by atoms with Crippen LogP contribution in [0.4, 0.5) is 16.2 Å². The average molecular weight is 386 g/mol. The SMILES string of the molecule is C[C@@H]1Oc2ccc(NC(=O)CCN3C(=O)NC4(CCCC4)C3=O)cc2NC1=O. The van der Waals surface area contributed by atoms with E-state index in [-0.39, 0.29) is 30.7 Å². The molecule has 0 bridgehead atoms. The molecule has 1 saturated carbocycles. The van der Waals surface area contributed by atoms with Crippen molar-refractivity contribution in [2.24, 2.45) is 0 Å². The standard InChI is InChI=1S/C19H22N4O5/c1-11-16(25)21-13-10-12(4-5-14(13)28-11)20-15(24)6-9-23-17(26)19(22-18(23)27)7-2-3-8-19/h4-5,10-11H,2-3,6-9H2,1H3,(H,20,24)(H,21,25)(H,22,27)/t11-/m0/s1. The van der Waals surface area contributed by atoms with E-state index >= 15 is 0 Å². The van der Waals surface area contributed by atoms with Crippen molar-refractivity contribution in [1.29, 1.82) is 0 Å². The third kappa shape index (κ3) is 3.17. The highest BCUT2D eigenvalue weighted by molar-refractivity contribution is 6.07. The maximum Gasteiger partial charge on any atom is 0.325 e. The first-order valence-electron chi connectivity index (χ1n) is 9.43. The van der Waals surface area contributed by atoms with Crippen LogP contribution in [0.15, 0.2) is 18.2 Å². The van der Waals surface area contributed by atoms with Gasteiger partial charge in [0.25, 0.3) is 11.8 Å². The molecule has 0 radical (unpaired) electrons. The van der Waals surface area contributed by atoms with Crippen LogP contribution in [0.5, 0.6) is 5.75 Å². The zero-order chi connectivity index (χ0) is 19.9. The van der Waals surface area contributed by atoms with Crippen molar-refractivity contribution in [2.45, 2.75) is 50.7 Å². The molecule has 1 aromatic carbocycles. The number of carbonyl (C=O) groups excluding carboxylic acids is 4. The average Bonchev–Trinajstić information content (AvgIpc) is 3.20. The zero-order valence-electron chi connectivity index (χ0n) is 15.5. The maximum atomic E-state index is 12.6. The summed E-state index contributed by atoms with van der Waals surface area (Å²) in [5.74, 6) is -0.281. The molecule has 3 aliphatic rings. The fraction of sp³-hybridized carbons (Fsp3) is 0.474. The number of nitrogens with one attached hydrogen (secondary N) is 3. The normalized spacial score (nSPS) is 22.5. The lowest BCUT2D eigenvalue weighted by molar-refractivity contribution is -0.131. The van der Waals surface area contributed by atoms with E-state index in [1.54, 1.807) is 25.1 Å². The molecule has 1 spiro atoms. The van der Waals surface area contributed by atoms with Gasteiger partial charge in [-0.2, -0.15) is 0 Å². The van der Waals surface area contributed by atoms with E-state index in [9.17, 15) is 19.2 Å². The van der Waals surface area contributed by atoms with Crippen molar-refractivity contribution >= 4 is 35.1 Å². The monoisotopic (exact) mass is 386 g/mol. The Morgan fingerprint density at radius 1 is 1.29 bits per heavy atom.